The molecule has 1 aliphatic rings. The normalized spacial score (nSPS) is 12.4. The summed E-state index contributed by atoms with van der Waals surface area (Å²) in [7, 11) is 1.85. The van der Waals surface area contributed by atoms with Crippen LogP contribution in [0.3, 0.4) is 0 Å². The van der Waals surface area contributed by atoms with E-state index in [1.807, 2.05) is 60.5 Å². The van der Waals surface area contributed by atoms with Gasteiger partial charge in [0.1, 0.15) is 34.7 Å². The molecule has 2 heterocycles. The number of hydrogen-bond donors (Lipinski definition) is 2. The average molecular weight is 411 g/mol. The average Bonchev–Trinajstić information content (AvgIpc) is 3.20. The van der Waals surface area contributed by atoms with Gasteiger partial charge in [0.25, 0.3) is 0 Å². The number of ether oxygens (including phenoxy) is 2. The van der Waals surface area contributed by atoms with Gasteiger partial charge < -0.3 is 24.8 Å². The summed E-state index contributed by atoms with van der Waals surface area (Å²) in [5.74, 6) is 0.538. The van der Waals surface area contributed by atoms with E-state index >= 15 is 0 Å². The van der Waals surface area contributed by atoms with E-state index in [9.17, 15) is 9.90 Å². The number of anilines is 2. The van der Waals surface area contributed by atoms with Gasteiger partial charge in [-0.25, -0.2) is 9.78 Å². The molecule has 0 unspecified atom stereocenters. The van der Waals surface area contributed by atoms with Crippen molar-refractivity contribution in [3.05, 3.63) is 54.2 Å². The number of fused-ring (bicyclic) bond motifs is 1. The van der Waals surface area contributed by atoms with Crippen LogP contribution >= 0.6 is 11.3 Å². The van der Waals surface area contributed by atoms with Gasteiger partial charge in [0.2, 0.25) is 0 Å². The summed E-state index contributed by atoms with van der Waals surface area (Å²) in [4.78, 5) is 18.0. The van der Waals surface area contributed by atoms with Crippen LogP contribution in [0.5, 0.6) is 11.5 Å². The largest absolute Gasteiger partial charge is 0.492 e. The van der Waals surface area contributed by atoms with Crippen molar-refractivity contribution >= 4 is 28.0 Å². The molecule has 0 saturated carbocycles. The lowest BCUT2D eigenvalue weighted by molar-refractivity contribution is 0.0692. The van der Waals surface area contributed by atoms with Crippen LogP contribution in [0.4, 0.5) is 10.7 Å². The van der Waals surface area contributed by atoms with Gasteiger partial charge in [-0.05, 0) is 30.3 Å². The summed E-state index contributed by atoms with van der Waals surface area (Å²) >= 11 is 1.36. The highest BCUT2D eigenvalue weighted by atomic mass is 32.1. The summed E-state index contributed by atoms with van der Waals surface area (Å²) in [6.07, 6.45) is 0. The molecule has 0 aliphatic carbocycles. The standard InChI is InChI=1S/C21H21N3O4S/c1-24(10-12-27-15-5-3-2-4-6-15)20-18(21(25)26)23-19(29-20)14-7-8-17-16(13-14)22-9-11-28-17/h2-8,13,22H,9-12H2,1H3,(H,25,26). The van der Waals surface area contributed by atoms with E-state index in [0.29, 0.717) is 29.8 Å². The molecule has 1 aliphatic heterocycles. The number of aromatic carboxylic acids is 1. The molecule has 0 bridgehead atoms. The molecule has 2 aromatic carbocycles. The van der Waals surface area contributed by atoms with Crippen molar-refractivity contribution in [1.29, 1.82) is 0 Å². The zero-order valence-corrected chi connectivity index (χ0v) is 16.7. The Morgan fingerprint density at radius 2 is 2.14 bits per heavy atom. The van der Waals surface area contributed by atoms with Crippen LogP contribution in [-0.4, -0.2) is 49.4 Å². The minimum absolute atomic E-state index is 0.0501. The number of rotatable bonds is 7. The van der Waals surface area contributed by atoms with Gasteiger partial charge >= 0.3 is 5.97 Å². The monoisotopic (exact) mass is 411 g/mol. The zero-order valence-electron chi connectivity index (χ0n) is 15.9. The van der Waals surface area contributed by atoms with Gasteiger partial charge in [0, 0.05) is 19.2 Å². The predicted molar refractivity (Wildman–Crippen MR) is 114 cm³/mol. The summed E-state index contributed by atoms with van der Waals surface area (Å²) in [6.45, 7) is 2.35. The highest BCUT2D eigenvalue weighted by Crippen LogP contribution is 2.38. The van der Waals surface area contributed by atoms with E-state index in [0.717, 1.165) is 29.3 Å². The van der Waals surface area contributed by atoms with Crippen molar-refractivity contribution in [3.63, 3.8) is 0 Å². The Labute approximate surface area is 172 Å². The minimum Gasteiger partial charge on any atom is -0.492 e. The van der Waals surface area contributed by atoms with E-state index in [4.69, 9.17) is 9.47 Å². The molecular weight excluding hydrogens is 390 g/mol. The molecule has 0 saturated heterocycles. The third-order valence-corrected chi connectivity index (χ3v) is 5.72. The molecule has 0 atom stereocenters. The van der Waals surface area contributed by atoms with E-state index in [1.54, 1.807) is 0 Å². The summed E-state index contributed by atoms with van der Waals surface area (Å²) in [5.41, 5.74) is 1.80. The van der Waals surface area contributed by atoms with Crippen LogP contribution in [0, 0.1) is 0 Å². The molecule has 150 valence electrons. The van der Waals surface area contributed by atoms with E-state index in [1.165, 1.54) is 11.3 Å². The number of carboxylic acids is 1. The molecular formula is C21H21N3O4S. The fourth-order valence-electron chi connectivity index (χ4n) is 3.03. The number of carbonyl (C=O) groups is 1. The number of benzene rings is 2. The topological polar surface area (TPSA) is 83.9 Å². The van der Waals surface area contributed by atoms with Gasteiger partial charge in [0.05, 0.1) is 12.2 Å². The number of carboxylic acid groups (broad SMARTS) is 1. The highest BCUT2D eigenvalue weighted by Gasteiger charge is 2.22. The molecule has 7 nitrogen and oxygen atoms in total. The van der Waals surface area contributed by atoms with Crippen LogP contribution in [0.1, 0.15) is 10.5 Å². The quantitative estimate of drug-likeness (QED) is 0.611. The minimum atomic E-state index is -1.04. The van der Waals surface area contributed by atoms with E-state index in [-0.39, 0.29) is 5.69 Å². The molecule has 0 radical (unpaired) electrons. The second kappa shape index (κ2) is 8.40. The molecule has 1 aromatic heterocycles. The second-order valence-electron chi connectivity index (χ2n) is 6.55. The molecule has 0 spiro atoms. The number of likely N-dealkylation sites (N-methyl/N-ethyl adjacent to an activating group) is 1. The van der Waals surface area contributed by atoms with Gasteiger partial charge in [0.15, 0.2) is 5.69 Å². The molecule has 29 heavy (non-hydrogen) atoms. The fourth-order valence-corrected chi connectivity index (χ4v) is 4.07. The number of nitrogens with one attached hydrogen (secondary N) is 1. The lowest BCUT2D eigenvalue weighted by Crippen LogP contribution is -2.24. The number of hydrogen-bond acceptors (Lipinski definition) is 7. The van der Waals surface area contributed by atoms with E-state index in [2.05, 4.69) is 10.3 Å². The Morgan fingerprint density at radius 1 is 1.31 bits per heavy atom. The molecule has 0 fully saturated rings. The van der Waals surface area contributed by atoms with Crippen molar-refractivity contribution in [2.24, 2.45) is 0 Å². The maximum Gasteiger partial charge on any atom is 0.357 e. The Bertz CT molecular complexity index is 1010. The van der Waals surface area contributed by atoms with Gasteiger partial charge in [-0.15, -0.1) is 0 Å². The number of aromatic nitrogens is 1. The van der Waals surface area contributed by atoms with Crippen molar-refractivity contribution in [2.45, 2.75) is 0 Å². The van der Waals surface area contributed by atoms with Gasteiger partial charge in [-0.1, -0.05) is 29.5 Å². The van der Waals surface area contributed by atoms with Crippen LogP contribution in [0.2, 0.25) is 0 Å². The lowest BCUT2D eigenvalue weighted by atomic mass is 10.2. The molecule has 2 N–H and O–H groups in total. The van der Waals surface area contributed by atoms with Crippen LogP contribution < -0.4 is 19.7 Å². The second-order valence-corrected chi connectivity index (χ2v) is 7.52. The summed E-state index contributed by atoms with van der Waals surface area (Å²) in [6, 6.07) is 15.3. The van der Waals surface area contributed by atoms with Crippen molar-refractivity contribution in [2.75, 3.05) is 43.6 Å². The lowest BCUT2D eigenvalue weighted by Gasteiger charge is -2.19. The number of nitrogens with zero attached hydrogens (tertiary/aromatic N) is 2. The fraction of sp³-hybridized carbons (Fsp3) is 0.238. The van der Waals surface area contributed by atoms with Gasteiger partial charge in [-0.2, -0.15) is 0 Å². The predicted octanol–water partition coefficient (Wildman–Crippen LogP) is 3.83. The SMILES string of the molecule is CN(CCOc1ccccc1)c1sc(-c2ccc3c(c2)NCCO3)nc1C(=O)O. The first kappa shape index (κ1) is 19.1. The number of thiazole rings is 1. The van der Waals surface area contributed by atoms with E-state index < -0.39 is 5.97 Å². The third-order valence-electron chi connectivity index (χ3n) is 4.50. The first-order chi connectivity index (χ1) is 14.1. The third kappa shape index (κ3) is 4.27. The molecule has 4 rings (SSSR count). The number of para-hydroxylation sites is 1. The Kier molecular flexibility index (Phi) is 5.53. The van der Waals surface area contributed by atoms with Gasteiger partial charge in [-0.3, -0.25) is 0 Å². The maximum absolute atomic E-state index is 11.8. The summed E-state index contributed by atoms with van der Waals surface area (Å²) < 4.78 is 11.3. The van der Waals surface area contributed by atoms with Crippen molar-refractivity contribution in [3.8, 4) is 22.1 Å². The highest BCUT2D eigenvalue weighted by molar-refractivity contribution is 7.19. The first-order valence-corrected chi connectivity index (χ1v) is 10.1. The van der Waals surface area contributed by atoms with Crippen LogP contribution in [0.25, 0.3) is 10.6 Å². The van der Waals surface area contributed by atoms with Crippen LogP contribution in [0.15, 0.2) is 48.5 Å². The summed E-state index contributed by atoms with van der Waals surface area (Å²) in [5, 5.41) is 14.2. The zero-order chi connectivity index (χ0) is 20.2. The smallest absolute Gasteiger partial charge is 0.357 e. The molecule has 3 aromatic rings. The maximum atomic E-state index is 11.8. The Morgan fingerprint density at radius 3 is 2.93 bits per heavy atom. The first-order valence-electron chi connectivity index (χ1n) is 9.26. The Hall–Kier alpha value is -3.26. The molecule has 0 amide bonds. The Balaban J connectivity index is 1.52. The van der Waals surface area contributed by atoms with Crippen molar-refractivity contribution in [1.82, 2.24) is 4.98 Å². The van der Waals surface area contributed by atoms with Crippen LogP contribution in [-0.2, 0) is 0 Å². The molecule has 8 heteroatoms. The van der Waals surface area contributed by atoms with Crippen molar-refractivity contribution < 1.29 is 19.4 Å².